The molecule has 2 unspecified atom stereocenters. The fraction of sp³-hybridized carbons (Fsp3) is 0.565. The van der Waals surface area contributed by atoms with Crippen LogP contribution in [0.5, 0.6) is 0 Å². The number of carbonyl (C=O) groups excluding carboxylic acids is 4. The van der Waals surface area contributed by atoms with Crippen molar-refractivity contribution in [3.63, 3.8) is 0 Å². The molecule has 0 saturated heterocycles. The number of amides is 4. The average molecular weight is 465 g/mol. The van der Waals surface area contributed by atoms with E-state index in [4.69, 9.17) is 10.5 Å². The van der Waals surface area contributed by atoms with Gasteiger partial charge in [-0.2, -0.15) is 0 Å². The lowest BCUT2D eigenvalue weighted by molar-refractivity contribution is -0.144. The largest absolute Gasteiger partial charge is 0.444 e. The molecule has 0 saturated carbocycles. The van der Waals surface area contributed by atoms with Gasteiger partial charge in [0.25, 0.3) is 0 Å². The van der Waals surface area contributed by atoms with E-state index < -0.39 is 54.5 Å². The van der Waals surface area contributed by atoms with E-state index in [1.54, 1.807) is 52.8 Å². The summed E-state index contributed by atoms with van der Waals surface area (Å²) < 4.78 is 5.20. The Labute approximate surface area is 194 Å². The van der Waals surface area contributed by atoms with Crippen LogP contribution in [0, 0.1) is 6.92 Å². The molecule has 5 N–H and O–H groups in total. The third kappa shape index (κ3) is 9.48. The van der Waals surface area contributed by atoms with Gasteiger partial charge in [0.2, 0.25) is 17.7 Å². The first-order chi connectivity index (χ1) is 15.2. The van der Waals surface area contributed by atoms with Gasteiger partial charge in [0, 0.05) is 12.6 Å². The van der Waals surface area contributed by atoms with E-state index in [0.717, 1.165) is 10.5 Å². The SMILES string of the molecule is Cc1cccc(C(C(=O)NC(C)C)N(CCO)C(=O)C(CC(N)=O)NC(=O)OC(C)(C)C)c1. The maximum Gasteiger partial charge on any atom is 0.408 e. The fourth-order valence-electron chi connectivity index (χ4n) is 3.20. The molecule has 10 heteroatoms. The smallest absolute Gasteiger partial charge is 0.408 e. The summed E-state index contributed by atoms with van der Waals surface area (Å²) in [6.45, 7) is 9.71. The Morgan fingerprint density at radius 2 is 1.79 bits per heavy atom. The number of nitrogens with one attached hydrogen (secondary N) is 2. The van der Waals surface area contributed by atoms with Crippen LogP contribution in [-0.4, -0.2) is 64.7 Å². The second-order valence-corrected chi connectivity index (χ2v) is 9.10. The molecule has 1 rings (SSSR count). The van der Waals surface area contributed by atoms with Crippen LogP contribution in [0.4, 0.5) is 4.79 Å². The lowest BCUT2D eigenvalue weighted by Crippen LogP contribution is -2.55. The molecule has 0 aliphatic heterocycles. The van der Waals surface area contributed by atoms with Crippen molar-refractivity contribution in [2.45, 2.75) is 71.7 Å². The molecule has 0 bridgehead atoms. The van der Waals surface area contributed by atoms with Crippen molar-refractivity contribution < 1.29 is 29.0 Å². The Kier molecular flexibility index (Phi) is 10.3. The summed E-state index contributed by atoms with van der Waals surface area (Å²) >= 11 is 0. The Balaban J connectivity index is 3.41. The highest BCUT2D eigenvalue weighted by Crippen LogP contribution is 2.24. The molecule has 10 nitrogen and oxygen atoms in total. The van der Waals surface area contributed by atoms with Crippen LogP contribution < -0.4 is 16.4 Å². The number of primary amides is 1. The number of nitrogens with zero attached hydrogens (tertiary/aromatic N) is 1. The highest BCUT2D eigenvalue weighted by molar-refractivity contribution is 5.94. The number of hydrogen-bond acceptors (Lipinski definition) is 6. The minimum absolute atomic E-state index is 0.211. The molecule has 0 radical (unpaired) electrons. The monoisotopic (exact) mass is 464 g/mol. The van der Waals surface area contributed by atoms with Crippen LogP contribution in [0.15, 0.2) is 24.3 Å². The van der Waals surface area contributed by atoms with Gasteiger partial charge in [-0.1, -0.05) is 29.8 Å². The Morgan fingerprint density at radius 1 is 1.15 bits per heavy atom. The summed E-state index contributed by atoms with van der Waals surface area (Å²) in [7, 11) is 0. The van der Waals surface area contributed by atoms with Gasteiger partial charge in [-0.05, 0) is 47.1 Å². The molecule has 0 heterocycles. The lowest BCUT2D eigenvalue weighted by atomic mass is 10.00. The maximum atomic E-state index is 13.5. The van der Waals surface area contributed by atoms with Crippen molar-refractivity contribution in [1.82, 2.24) is 15.5 Å². The Bertz CT molecular complexity index is 850. The molecule has 184 valence electrons. The molecule has 4 amide bonds. The van der Waals surface area contributed by atoms with Crippen LogP contribution >= 0.6 is 0 Å². The number of alkyl carbamates (subject to hydrolysis) is 1. The van der Waals surface area contributed by atoms with Crippen LogP contribution in [0.25, 0.3) is 0 Å². The number of hydrogen-bond donors (Lipinski definition) is 4. The van der Waals surface area contributed by atoms with Gasteiger partial charge in [-0.25, -0.2) is 4.79 Å². The summed E-state index contributed by atoms with van der Waals surface area (Å²) in [5.74, 6) is -2.04. The number of aliphatic hydroxyl groups is 1. The molecular formula is C23H36N4O6. The number of aliphatic hydroxyl groups excluding tert-OH is 1. The average Bonchev–Trinajstić information content (AvgIpc) is 2.64. The predicted octanol–water partition coefficient (Wildman–Crippen LogP) is 1.15. The third-order valence-corrected chi connectivity index (χ3v) is 4.37. The zero-order valence-corrected chi connectivity index (χ0v) is 20.2. The van der Waals surface area contributed by atoms with Crippen LogP contribution in [0.2, 0.25) is 0 Å². The topological polar surface area (TPSA) is 151 Å². The van der Waals surface area contributed by atoms with E-state index in [9.17, 15) is 24.3 Å². The number of ether oxygens (including phenoxy) is 1. The van der Waals surface area contributed by atoms with Gasteiger partial charge < -0.3 is 31.1 Å². The van der Waals surface area contributed by atoms with Gasteiger partial charge in [-0.3, -0.25) is 14.4 Å². The van der Waals surface area contributed by atoms with Gasteiger partial charge in [0.1, 0.15) is 17.7 Å². The zero-order valence-electron chi connectivity index (χ0n) is 20.2. The van der Waals surface area contributed by atoms with E-state index in [0.29, 0.717) is 5.56 Å². The van der Waals surface area contributed by atoms with E-state index in [-0.39, 0.29) is 12.6 Å². The van der Waals surface area contributed by atoms with Crippen LogP contribution in [-0.2, 0) is 19.1 Å². The quantitative estimate of drug-likeness (QED) is 0.408. The second-order valence-electron chi connectivity index (χ2n) is 9.10. The van der Waals surface area contributed by atoms with Crippen molar-refractivity contribution in [2.75, 3.05) is 13.2 Å². The molecule has 0 spiro atoms. The first-order valence-corrected chi connectivity index (χ1v) is 10.8. The maximum absolute atomic E-state index is 13.5. The minimum Gasteiger partial charge on any atom is -0.444 e. The second kappa shape index (κ2) is 12.2. The molecular weight excluding hydrogens is 428 g/mol. The first kappa shape index (κ1) is 27.9. The standard InChI is InChI=1S/C23H36N4O6/c1-14(2)25-20(30)19(16-9-7-8-15(3)12-16)27(10-11-28)21(31)17(13-18(24)29)26-22(32)33-23(4,5)6/h7-9,12,14,17,19,28H,10-11,13H2,1-6H3,(H2,24,29)(H,25,30)(H,26,32). The summed E-state index contributed by atoms with van der Waals surface area (Å²) in [6.07, 6.45) is -1.42. The first-order valence-electron chi connectivity index (χ1n) is 10.8. The van der Waals surface area contributed by atoms with Gasteiger partial charge in [0.05, 0.1) is 13.0 Å². The minimum atomic E-state index is -1.39. The highest BCUT2D eigenvalue weighted by atomic mass is 16.6. The number of nitrogens with two attached hydrogens (primary N) is 1. The Hall–Kier alpha value is -3.14. The summed E-state index contributed by atoms with van der Waals surface area (Å²) in [5, 5.41) is 14.8. The van der Waals surface area contributed by atoms with Crippen molar-refractivity contribution >= 4 is 23.8 Å². The van der Waals surface area contributed by atoms with E-state index in [1.807, 2.05) is 13.0 Å². The number of carbonyl (C=O) groups is 4. The predicted molar refractivity (Wildman–Crippen MR) is 123 cm³/mol. The number of rotatable bonds is 10. The Morgan fingerprint density at radius 3 is 2.27 bits per heavy atom. The van der Waals surface area contributed by atoms with Gasteiger partial charge in [0.15, 0.2) is 0 Å². The lowest BCUT2D eigenvalue weighted by Gasteiger charge is -2.34. The van der Waals surface area contributed by atoms with Gasteiger partial charge >= 0.3 is 6.09 Å². The molecule has 0 aromatic heterocycles. The van der Waals surface area contributed by atoms with E-state index in [1.165, 1.54) is 0 Å². The molecule has 0 aliphatic carbocycles. The van der Waals surface area contributed by atoms with Crippen molar-refractivity contribution in [2.24, 2.45) is 5.73 Å². The van der Waals surface area contributed by atoms with Crippen molar-refractivity contribution in [1.29, 1.82) is 0 Å². The molecule has 0 aliphatic rings. The molecule has 2 atom stereocenters. The fourth-order valence-corrected chi connectivity index (χ4v) is 3.20. The van der Waals surface area contributed by atoms with E-state index in [2.05, 4.69) is 10.6 Å². The highest BCUT2D eigenvalue weighted by Gasteiger charge is 2.36. The number of benzene rings is 1. The van der Waals surface area contributed by atoms with Gasteiger partial charge in [-0.15, -0.1) is 0 Å². The third-order valence-electron chi connectivity index (χ3n) is 4.37. The molecule has 0 fully saturated rings. The van der Waals surface area contributed by atoms with E-state index >= 15 is 0 Å². The van der Waals surface area contributed by atoms with Crippen LogP contribution in [0.1, 0.15) is 58.2 Å². The zero-order chi connectivity index (χ0) is 25.3. The van der Waals surface area contributed by atoms with Crippen molar-refractivity contribution in [3.05, 3.63) is 35.4 Å². The van der Waals surface area contributed by atoms with Crippen molar-refractivity contribution in [3.8, 4) is 0 Å². The molecule has 1 aromatic rings. The summed E-state index contributed by atoms with van der Waals surface area (Å²) in [5.41, 5.74) is 5.86. The summed E-state index contributed by atoms with van der Waals surface area (Å²) in [4.78, 5) is 51.8. The molecule has 33 heavy (non-hydrogen) atoms. The molecule has 1 aromatic carbocycles. The summed E-state index contributed by atoms with van der Waals surface area (Å²) in [6, 6.07) is 4.34. The normalized spacial score (nSPS) is 13.1. The van der Waals surface area contributed by atoms with Crippen LogP contribution in [0.3, 0.4) is 0 Å². The number of aryl methyl sites for hydroxylation is 1.